The molecule has 0 radical (unpaired) electrons. The number of fused-ring (bicyclic) bond motifs is 1. The number of aryl methyl sites for hydroxylation is 1. The van der Waals surface area contributed by atoms with Crippen LogP contribution in [0.25, 0.3) is 11.9 Å². The molecule has 5 aromatic rings. The number of esters is 1. The highest BCUT2D eigenvalue weighted by molar-refractivity contribution is 6.33. The molecule has 0 unspecified atom stereocenters. The smallest absolute Gasteiger partial charge is 0.416 e. The highest BCUT2D eigenvalue weighted by atomic mass is 35.5. The Morgan fingerprint density at radius 3 is 2.42 bits per heavy atom. The van der Waals surface area contributed by atoms with E-state index >= 15 is 0 Å². The van der Waals surface area contributed by atoms with Gasteiger partial charge in [0.1, 0.15) is 25.2 Å². The molecule has 1 N–H and O–H groups in total. The third-order valence-corrected chi connectivity index (χ3v) is 10.5. The lowest BCUT2D eigenvalue weighted by Crippen LogP contribution is -2.51. The number of aromatic nitrogens is 6. The third-order valence-electron chi connectivity index (χ3n) is 10.2. The fraction of sp³-hybridized carbons (Fsp3) is 0.350. The minimum atomic E-state index is -4.63. The summed E-state index contributed by atoms with van der Waals surface area (Å²) >= 11 is 6.15. The molecule has 2 fully saturated rings. The lowest BCUT2D eigenvalue weighted by Gasteiger charge is -2.36. The van der Waals surface area contributed by atoms with E-state index in [9.17, 15) is 32.3 Å². The van der Waals surface area contributed by atoms with Gasteiger partial charge in [0.25, 0.3) is 11.5 Å². The first kappa shape index (κ1) is 40.9. The van der Waals surface area contributed by atoms with E-state index in [0.29, 0.717) is 24.2 Å². The summed E-state index contributed by atoms with van der Waals surface area (Å²) in [5.74, 6) is -1.12. The van der Waals surface area contributed by atoms with Crippen LogP contribution in [0.2, 0.25) is 5.02 Å². The molecular formula is C40H39ClF3N9O6. The van der Waals surface area contributed by atoms with Gasteiger partial charge in [0.2, 0.25) is 11.7 Å². The SMILES string of the molecule is CCc1c(N2CCN(C(=O)c3ncnc(C)c3OCc3ccccc3)CC2)c(=O)n2nc(C=C3CC(C(=O)OC)C3)nc2n1CC(=O)Nc1ccc(C(F)(F)F)cc1Cl. The molecule has 2 aromatic carbocycles. The number of rotatable bonds is 11. The molecule has 308 valence electrons. The van der Waals surface area contributed by atoms with E-state index in [2.05, 4.69) is 25.4 Å². The predicted molar refractivity (Wildman–Crippen MR) is 210 cm³/mol. The number of carbonyl (C=O) groups is 3. The van der Waals surface area contributed by atoms with Gasteiger partial charge in [-0.2, -0.15) is 22.7 Å². The zero-order valence-corrected chi connectivity index (χ0v) is 33.0. The Labute approximate surface area is 340 Å². The van der Waals surface area contributed by atoms with Crippen LogP contribution in [-0.4, -0.2) is 85.1 Å². The maximum Gasteiger partial charge on any atom is 0.416 e. The second-order valence-corrected chi connectivity index (χ2v) is 14.5. The number of ether oxygens (including phenoxy) is 2. The van der Waals surface area contributed by atoms with Crippen LogP contribution in [0.4, 0.5) is 24.5 Å². The van der Waals surface area contributed by atoms with Gasteiger partial charge < -0.3 is 29.2 Å². The first-order valence-electron chi connectivity index (χ1n) is 18.7. The molecule has 4 heterocycles. The van der Waals surface area contributed by atoms with Crippen LogP contribution in [0.5, 0.6) is 5.75 Å². The fourth-order valence-corrected chi connectivity index (χ4v) is 7.37. The van der Waals surface area contributed by atoms with Crippen LogP contribution in [-0.2, 0) is 40.1 Å². The lowest BCUT2D eigenvalue weighted by molar-refractivity contribution is -0.146. The van der Waals surface area contributed by atoms with Crippen molar-refractivity contribution in [1.29, 1.82) is 0 Å². The number of carbonyl (C=O) groups excluding carboxylic acids is 3. The standard InChI is InChI=1S/C40H39ClF3N9O6/c1-4-30-34(50-12-14-51(15-13-50)36(55)33-35(23(2)45-22-46-33)59-21-24-8-6-5-7-9-24)37(56)53-39(48-31(49-53)18-25-16-26(17-25)38(57)58-3)52(30)20-32(54)47-29-11-10-27(19-28(29)41)40(42,43)44/h5-11,18-19,22,26H,4,12-17,20-21H2,1-3H3,(H,47,54). The van der Waals surface area contributed by atoms with Crippen LogP contribution in [0.3, 0.4) is 0 Å². The zero-order chi connectivity index (χ0) is 42.0. The molecule has 19 heteroatoms. The van der Waals surface area contributed by atoms with E-state index in [0.717, 1.165) is 33.9 Å². The van der Waals surface area contributed by atoms with Crippen molar-refractivity contribution in [2.24, 2.45) is 5.92 Å². The average molecular weight is 834 g/mol. The van der Waals surface area contributed by atoms with Crippen LogP contribution in [0.15, 0.2) is 65.2 Å². The van der Waals surface area contributed by atoms with Crippen molar-refractivity contribution >= 4 is 52.6 Å². The molecule has 3 aromatic heterocycles. The first-order chi connectivity index (χ1) is 28.2. The van der Waals surface area contributed by atoms with Gasteiger partial charge in [0.05, 0.1) is 40.7 Å². The van der Waals surface area contributed by atoms with Gasteiger partial charge in [0.15, 0.2) is 17.3 Å². The van der Waals surface area contributed by atoms with Crippen LogP contribution in [0, 0.1) is 12.8 Å². The van der Waals surface area contributed by atoms with Gasteiger partial charge in [-0.15, -0.1) is 5.10 Å². The van der Waals surface area contributed by atoms with E-state index in [1.807, 2.05) is 42.2 Å². The van der Waals surface area contributed by atoms with Crippen LogP contribution < -0.4 is 20.5 Å². The minimum absolute atomic E-state index is 0.0367. The van der Waals surface area contributed by atoms with E-state index in [1.54, 1.807) is 17.9 Å². The second-order valence-electron chi connectivity index (χ2n) is 14.1. The highest BCUT2D eigenvalue weighted by Gasteiger charge is 2.34. The number of hydrogen-bond acceptors (Lipinski definition) is 11. The summed E-state index contributed by atoms with van der Waals surface area (Å²) in [6, 6.07) is 12.1. The van der Waals surface area contributed by atoms with Gasteiger partial charge in [0, 0.05) is 26.2 Å². The van der Waals surface area contributed by atoms with Gasteiger partial charge in [-0.25, -0.2) is 9.97 Å². The Kier molecular flexibility index (Phi) is 11.7. The molecule has 1 aliphatic heterocycles. The number of hydrogen-bond donors (Lipinski definition) is 1. The molecule has 15 nitrogen and oxygen atoms in total. The summed E-state index contributed by atoms with van der Waals surface area (Å²) in [6.07, 6.45) is -0.500. The predicted octanol–water partition coefficient (Wildman–Crippen LogP) is 5.37. The Balaban J connectivity index is 1.17. The average Bonchev–Trinajstić information content (AvgIpc) is 3.64. The Morgan fingerprint density at radius 1 is 1.03 bits per heavy atom. The number of allylic oxidation sites excluding steroid dienone is 1. The number of methoxy groups -OCH3 is 1. The van der Waals surface area contributed by atoms with E-state index < -0.39 is 29.8 Å². The summed E-state index contributed by atoms with van der Waals surface area (Å²) in [7, 11) is 1.32. The van der Waals surface area contributed by atoms with E-state index in [4.69, 9.17) is 21.1 Å². The molecule has 2 aliphatic rings. The summed E-state index contributed by atoms with van der Waals surface area (Å²) in [4.78, 5) is 70.4. The number of alkyl halides is 3. The molecule has 0 bridgehead atoms. The van der Waals surface area contributed by atoms with Gasteiger partial charge in [-0.3, -0.25) is 19.2 Å². The van der Waals surface area contributed by atoms with E-state index in [-0.39, 0.29) is 96.4 Å². The number of nitrogens with one attached hydrogen (secondary N) is 1. The van der Waals surface area contributed by atoms with Crippen LogP contribution in [0.1, 0.15) is 58.6 Å². The zero-order valence-electron chi connectivity index (χ0n) is 32.3. The molecule has 1 saturated carbocycles. The van der Waals surface area contributed by atoms with Crippen molar-refractivity contribution in [3.63, 3.8) is 0 Å². The minimum Gasteiger partial charge on any atom is -0.485 e. The largest absolute Gasteiger partial charge is 0.485 e. The maximum absolute atomic E-state index is 14.4. The maximum atomic E-state index is 14.4. The molecule has 0 spiro atoms. The van der Waals surface area contributed by atoms with Gasteiger partial charge in [-0.05, 0) is 56.0 Å². The quantitative estimate of drug-likeness (QED) is 0.170. The van der Waals surface area contributed by atoms with Crippen molar-refractivity contribution in [3.8, 4) is 5.75 Å². The Hall–Kier alpha value is -6.30. The van der Waals surface area contributed by atoms with Crippen molar-refractivity contribution in [2.45, 2.75) is 52.4 Å². The number of halogens is 4. The number of nitrogens with zero attached hydrogens (tertiary/aromatic N) is 8. The molecule has 2 amide bonds. The van der Waals surface area contributed by atoms with Gasteiger partial charge in [-0.1, -0.05) is 54.4 Å². The summed E-state index contributed by atoms with van der Waals surface area (Å²) in [6.45, 7) is 4.24. The number of benzene rings is 2. The molecule has 0 atom stereocenters. The molecule has 7 rings (SSSR count). The number of anilines is 2. The molecular weight excluding hydrogens is 795 g/mol. The van der Waals surface area contributed by atoms with Crippen LogP contribution >= 0.6 is 11.6 Å². The summed E-state index contributed by atoms with van der Waals surface area (Å²) in [5.41, 5.74) is 1.58. The monoisotopic (exact) mass is 833 g/mol. The Morgan fingerprint density at radius 2 is 1.76 bits per heavy atom. The Bertz CT molecular complexity index is 2510. The second kappa shape index (κ2) is 16.9. The number of piperazine rings is 1. The van der Waals surface area contributed by atoms with Gasteiger partial charge >= 0.3 is 12.1 Å². The van der Waals surface area contributed by atoms with Crippen molar-refractivity contribution in [3.05, 3.63) is 110 Å². The van der Waals surface area contributed by atoms with Crippen molar-refractivity contribution in [1.82, 2.24) is 34.0 Å². The molecule has 59 heavy (non-hydrogen) atoms. The molecule has 1 saturated heterocycles. The van der Waals surface area contributed by atoms with E-state index in [1.165, 1.54) is 18.0 Å². The normalized spacial score (nSPS) is 15.5. The molecule has 1 aliphatic carbocycles. The first-order valence-corrected chi connectivity index (χ1v) is 19.1. The lowest BCUT2D eigenvalue weighted by atomic mass is 9.80. The van der Waals surface area contributed by atoms with Crippen molar-refractivity contribution < 1.29 is 37.0 Å². The fourth-order valence-electron chi connectivity index (χ4n) is 7.14. The van der Waals surface area contributed by atoms with Crippen molar-refractivity contribution in [2.75, 3.05) is 43.5 Å². The topological polar surface area (TPSA) is 166 Å². The summed E-state index contributed by atoms with van der Waals surface area (Å²) in [5, 5.41) is 6.76. The highest BCUT2D eigenvalue weighted by Crippen LogP contribution is 2.36. The number of amides is 2. The third kappa shape index (κ3) is 8.62. The summed E-state index contributed by atoms with van der Waals surface area (Å²) < 4.78 is 53.4.